The van der Waals surface area contributed by atoms with Crippen LogP contribution in [0.3, 0.4) is 0 Å². The molecule has 1 saturated carbocycles. The van der Waals surface area contributed by atoms with Crippen LogP contribution in [-0.4, -0.2) is 42.4 Å². The summed E-state index contributed by atoms with van der Waals surface area (Å²) in [4.78, 5) is 26.5. The van der Waals surface area contributed by atoms with Gasteiger partial charge in [0.05, 0.1) is 0 Å². The van der Waals surface area contributed by atoms with Gasteiger partial charge in [0.25, 0.3) is 0 Å². The van der Waals surface area contributed by atoms with Crippen molar-refractivity contribution in [3.63, 3.8) is 0 Å². The molecule has 6 heteroatoms. The number of rotatable bonds is 6. The van der Waals surface area contributed by atoms with E-state index in [9.17, 15) is 9.59 Å². The summed E-state index contributed by atoms with van der Waals surface area (Å²) in [7, 11) is 0. The fraction of sp³-hybridized carbons (Fsp3) is 0.889. The molecule has 0 aromatic rings. The van der Waals surface area contributed by atoms with Crippen LogP contribution in [0, 0.1) is 5.41 Å². The van der Waals surface area contributed by atoms with Gasteiger partial charge in [0, 0.05) is 32.0 Å². The number of hydrogen-bond donors (Lipinski definition) is 2. The number of nitrogens with zero attached hydrogens (tertiary/aromatic N) is 1. The molecule has 0 radical (unpaired) electrons. The van der Waals surface area contributed by atoms with Crippen LogP contribution >= 0.6 is 12.4 Å². The summed E-state index contributed by atoms with van der Waals surface area (Å²) in [5.41, 5.74) is 6.04. The van der Waals surface area contributed by atoms with Crippen molar-refractivity contribution in [1.82, 2.24) is 10.2 Å². The van der Waals surface area contributed by atoms with Crippen LogP contribution in [0.5, 0.6) is 0 Å². The maximum absolute atomic E-state index is 12.7. The second kappa shape index (κ2) is 10.2. The van der Waals surface area contributed by atoms with Crippen molar-refractivity contribution in [3.05, 3.63) is 0 Å². The monoisotopic (exact) mass is 359 g/mol. The molecule has 1 saturated heterocycles. The minimum Gasteiger partial charge on any atom is -0.352 e. The number of nitrogens with one attached hydrogen (secondary N) is 1. The predicted molar refractivity (Wildman–Crippen MR) is 99.1 cm³/mol. The Hall–Kier alpha value is -0.810. The Labute approximate surface area is 152 Å². The molecule has 1 aliphatic carbocycles. The zero-order valence-corrected chi connectivity index (χ0v) is 15.8. The minimum absolute atomic E-state index is 0. The van der Waals surface area contributed by atoms with E-state index in [1.54, 1.807) is 0 Å². The molecule has 140 valence electrons. The quantitative estimate of drug-likeness (QED) is 0.765. The second-order valence-electron chi connectivity index (χ2n) is 7.44. The Kier molecular flexibility index (Phi) is 9.06. The smallest absolute Gasteiger partial charge is 0.223 e. The summed E-state index contributed by atoms with van der Waals surface area (Å²) >= 11 is 0. The molecule has 0 bridgehead atoms. The molecule has 0 spiro atoms. The van der Waals surface area contributed by atoms with Gasteiger partial charge in [-0.1, -0.05) is 26.2 Å². The summed E-state index contributed by atoms with van der Waals surface area (Å²) in [6, 6.07) is 0.118. The number of piperidine rings is 1. The van der Waals surface area contributed by atoms with E-state index in [1.165, 1.54) is 19.3 Å². The lowest BCUT2D eigenvalue weighted by molar-refractivity contribution is -0.136. The Balaban J connectivity index is 0.00000288. The predicted octanol–water partition coefficient (Wildman–Crippen LogP) is 2.61. The largest absolute Gasteiger partial charge is 0.352 e. The topological polar surface area (TPSA) is 75.4 Å². The Morgan fingerprint density at radius 2 is 1.92 bits per heavy atom. The Morgan fingerprint density at radius 3 is 2.54 bits per heavy atom. The van der Waals surface area contributed by atoms with Crippen molar-refractivity contribution in [2.75, 3.05) is 19.6 Å². The van der Waals surface area contributed by atoms with Crippen LogP contribution in [0.4, 0.5) is 0 Å². The molecule has 1 atom stereocenters. The van der Waals surface area contributed by atoms with Gasteiger partial charge in [-0.25, -0.2) is 0 Å². The third-order valence-electron chi connectivity index (χ3n) is 5.49. The van der Waals surface area contributed by atoms with Crippen LogP contribution < -0.4 is 11.1 Å². The van der Waals surface area contributed by atoms with E-state index in [4.69, 9.17) is 5.73 Å². The van der Waals surface area contributed by atoms with Gasteiger partial charge in [-0.2, -0.15) is 0 Å². The van der Waals surface area contributed by atoms with Gasteiger partial charge in [0.1, 0.15) is 0 Å². The third kappa shape index (κ3) is 5.92. The number of nitrogens with two attached hydrogens (primary N) is 1. The molecule has 1 heterocycles. The summed E-state index contributed by atoms with van der Waals surface area (Å²) in [5.74, 6) is 0.337. The van der Waals surface area contributed by atoms with Crippen LogP contribution in [-0.2, 0) is 9.59 Å². The molecule has 0 aromatic carbocycles. The second-order valence-corrected chi connectivity index (χ2v) is 7.44. The van der Waals surface area contributed by atoms with Crippen LogP contribution in [0.1, 0.15) is 71.1 Å². The van der Waals surface area contributed by atoms with Gasteiger partial charge >= 0.3 is 0 Å². The third-order valence-corrected chi connectivity index (χ3v) is 5.49. The van der Waals surface area contributed by atoms with E-state index in [2.05, 4.69) is 5.32 Å². The van der Waals surface area contributed by atoms with Crippen molar-refractivity contribution in [3.8, 4) is 0 Å². The molecular formula is C18H34ClN3O2. The Bertz CT molecular complexity index is 411. The standard InChI is InChI=1S/C18H33N3O2.ClH/c1-2-7-16(22)20-15-8-6-11-21(13-15)17(23)12-18(14-19)9-4-3-5-10-18;/h15H,2-14,19H2,1H3,(H,20,22);1H. The van der Waals surface area contributed by atoms with Gasteiger partial charge in [-0.3, -0.25) is 9.59 Å². The highest BCUT2D eigenvalue weighted by atomic mass is 35.5. The van der Waals surface area contributed by atoms with Gasteiger partial charge < -0.3 is 16.0 Å². The lowest BCUT2D eigenvalue weighted by Gasteiger charge is -2.39. The maximum atomic E-state index is 12.7. The number of carbonyl (C=O) groups excluding carboxylic acids is 2. The van der Waals surface area contributed by atoms with E-state index in [0.717, 1.165) is 38.6 Å². The zero-order valence-electron chi connectivity index (χ0n) is 15.0. The van der Waals surface area contributed by atoms with E-state index in [-0.39, 0.29) is 35.7 Å². The molecular weight excluding hydrogens is 326 g/mol. The van der Waals surface area contributed by atoms with E-state index in [1.807, 2.05) is 11.8 Å². The normalized spacial score (nSPS) is 23.2. The summed E-state index contributed by atoms with van der Waals surface area (Å²) in [6.45, 7) is 4.10. The molecule has 1 aliphatic heterocycles. The van der Waals surface area contributed by atoms with Crippen LogP contribution in [0.15, 0.2) is 0 Å². The number of carbonyl (C=O) groups is 2. The first-order valence-electron chi connectivity index (χ1n) is 9.36. The average Bonchev–Trinajstić information content (AvgIpc) is 2.56. The Morgan fingerprint density at radius 1 is 1.21 bits per heavy atom. The molecule has 2 amide bonds. The highest BCUT2D eigenvalue weighted by molar-refractivity contribution is 5.85. The average molecular weight is 360 g/mol. The summed E-state index contributed by atoms with van der Waals surface area (Å²) in [5, 5.41) is 3.07. The van der Waals surface area contributed by atoms with Crippen molar-refractivity contribution in [2.24, 2.45) is 11.1 Å². The van der Waals surface area contributed by atoms with Gasteiger partial charge in [0.15, 0.2) is 0 Å². The molecule has 2 rings (SSSR count). The fourth-order valence-corrected chi connectivity index (χ4v) is 4.04. The van der Waals surface area contributed by atoms with Gasteiger partial charge in [-0.05, 0) is 44.1 Å². The first-order valence-corrected chi connectivity index (χ1v) is 9.36. The maximum Gasteiger partial charge on any atom is 0.223 e. The number of likely N-dealkylation sites (tertiary alicyclic amines) is 1. The molecule has 1 unspecified atom stereocenters. The van der Waals surface area contributed by atoms with Crippen molar-refractivity contribution in [2.45, 2.75) is 77.2 Å². The SMILES string of the molecule is CCCC(=O)NC1CCCN(C(=O)CC2(CN)CCCCC2)C1.Cl. The van der Waals surface area contributed by atoms with Crippen molar-refractivity contribution < 1.29 is 9.59 Å². The van der Waals surface area contributed by atoms with Gasteiger partial charge in [-0.15, -0.1) is 12.4 Å². The number of halogens is 1. The fourth-order valence-electron chi connectivity index (χ4n) is 4.04. The molecule has 0 aromatic heterocycles. The first-order chi connectivity index (χ1) is 11.1. The van der Waals surface area contributed by atoms with E-state index < -0.39 is 0 Å². The highest BCUT2D eigenvalue weighted by Gasteiger charge is 2.35. The summed E-state index contributed by atoms with van der Waals surface area (Å²) in [6.07, 6.45) is 9.78. The van der Waals surface area contributed by atoms with Crippen molar-refractivity contribution in [1.29, 1.82) is 0 Å². The minimum atomic E-state index is 0. The van der Waals surface area contributed by atoms with Crippen LogP contribution in [0.25, 0.3) is 0 Å². The molecule has 24 heavy (non-hydrogen) atoms. The first kappa shape index (κ1) is 21.2. The lowest BCUT2D eigenvalue weighted by Crippen LogP contribution is -2.51. The van der Waals surface area contributed by atoms with Crippen molar-refractivity contribution >= 4 is 24.2 Å². The zero-order chi connectivity index (χ0) is 16.7. The molecule has 2 aliphatic rings. The number of amides is 2. The molecule has 3 N–H and O–H groups in total. The van der Waals surface area contributed by atoms with Crippen LogP contribution in [0.2, 0.25) is 0 Å². The number of hydrogen-bond acceptors (Lipinski definition) is 3. The van der Waals surface area contributed by atoms with Gasteiger partial charge in [0.2, 0.25) is 11.8 Å². The summed E-state index contributed by atoms with van der Waals surface area (Å²) < 4.78 is 0. The van der Waals surface area contributed by atoms with E-state index >= 15 is 0 Å². The lowest BCUT2D eigenvalue weighted by atomic mass is 9.71. The molecule has 5 nitrogen and oxygen atoms in total. The highest BCUT2D eigenvalue weighted by Crippen LogP contribution is 2.39. The van der Waals surface area contributed by atoms with E-state index in [0.29, 0.717) is 25.9 Å². The molecule has 2 fully saturated rings.